The van der Waals surface area contributed by atoms with Crippen LogP contribution in [-0.2, 0) is 11.3 Å². The molecule has 3 aromatic rings. The average Bonchev–Trinajstić information content (AvgIpc) is 3.16. The van der Waals surface area contributed by atoms with Crippen LogP contribution in [0.3, 0.4) is 0 Å². The lowest BCUT2D eigenvalue weighted by Gasteiger charge is -2.17. The van der Waals surface area contributed by atoms with Crippen LogP contribution in [-0.4, -0.2) is 22.0 Å². The number of hydrogen-bond donors (Lipinski definition) is 0. The lowest BCUT2D eigenvalue weighted by Crippen LogP contribution is -2.24. The minimum absolute atomic E-state index is 0.0493. The molecule has 0 N–H and O–H groups in total. The number of carbonyl (C=O) groups excluding carboxylic acids is 1. The number of benzene rings is 2. The Kier molecular flexibility index (Phi) is 4.29. The lowest BCUT2D eigenvalue weighted by molar-refractivity contribution is -0.117. The van der Waals surface area contributed by atoms with Crippen LogP contribution in [0.5, 0.6) is 0 Å². The molecule has 1 atom stereocenters. The van der Waals surface area contributed by atoms with E-state index in [0.717, 1.165) is 28.1 Å². The van der Waals surface area contributed by atoms with Gasteiger partial charge < -0.3 is 9.47 Å². The number of allylic oxidation sites excluding steroid dienone is 1. The topological polar surface area (TPSA) is 38.1 Å². The summed E-state index contributed by atoms with van der Waals surface area (Å²) < 4.78 is 2.19. The van der Waals surface area contributed by atoms with Gasteiger partial charge >= 0.3 is 0 Å². The summed E-state index contributed by atoms with van der Waals surface area (Å²) in [5.74, 6) is 1.10. The number of imidazole rings is 1. The largest absolute Gasteiger partial charge is 0.324 e. The third kappa shape index (κ3) is 3.01. The van der Waals surface area contributed by atoms with Crippen molar-refractivity contribution >= 4 is 34.2 Å². The molecule has 0 bridgehead atoms. The van der Waals surface area contributed by atoms with Crippen molar-refractivity contribution in [1.82, 2.24) is 9.55 Å². The van der Waals surface area contributed by atoms with Crippen molar-refractivity contribution in [1.29, 1.82) is 0 Å². The van der Waals surface area contributed by atoms with Crippen LogP contribution < -0.4 is 4.90 Å². The number of anilines is 1. The summed E-state index contributed by atoms with van der Waals surface area (Å²) in [5.41, 5.74) is 3.94. The summed E-state index contributed by atoms with van der Waals surface area (Å²) in [6.45, 7) is 7.38. The van der Waals surface area contributed by atoms with Crippen LogP contribution in [0.4, 0.5) is 5.69 Å². The Morgan fingerprint density at radius 2 is 2.08 bits per heavy atom. The molecule has 2 heterocycles. The number of para-hydroxylation sites is 2. The van der Waals surface area contributed by atoms with E-state index < -0.39 is 0 Å². The van der Waals surface area contributed by atoms with Crippen molar-refractivity contribution in [2.24, 2.45) is 0 Å². The highest BCUT2D eigenvalue weighted by atomic mass is 35.5. The number of carbonyl (C=O) groups is 1. The normalized spacial score (nSPS) is 17.2. The van der Waals surface area contributed by atoms with Gasteiger partial charge in [0, 0.05) is 36.1 Å². The smallest absolute Gasteiger partial charge is 0.227 e. The second kappa shape index (κ2) is 6.61. The maximum absolute atomic E-state index is 12.6. The zero-order chi connectivity index (χ0) is 18.3. The molecule has 0 spiro atoms. The van der Waals surface area contributed by atoms with Gasteiger partial charge in [-0.25, -0.2) is 4.98 Å². The SMILES string of the molecule is C=C(C)Cn1c([C@H]2CC(=O)N(c3cccc(Cl)c3)C2)nc2ccccc21. The zero-order valence-electron chi connectivity index (χ0n) is 14.7. The maximum Gasteiger partial charge on any atom is 0.227 e. The van der Waals surface area contributed by atoms with E-state index in [0.29, 0.717) is 24.5 Å². The number of rotatable bonds is 4. The second-order valence-corrected chi connectivity index (χ2v) is 7.32. The van der Waals surface area contributed by atoms with Crippen molar-refractivity contribution in [3.05, 3.63) is 71.5 Å². The van der Waals surface area contributed by atoms with E-state index >= 15 is 0 Å². The summed E-state index contributed by atoms with van der Waals surface area (Å²) in [6, 6.07) is 15.5. The molecule has 4 rings (SSSR count). The van der Waals surface area contributed by atoms with E-state index in [9.17, 15) is 4.79 Å². The predicted octanol–water partition coefficient (Wildman–Crippen LogP) is 4.79. The Bertz CT molecular complexity index is 1010. The number of hydrogen-bond acceptors (Lipinski definition) is 2. The van der Waals surface area contributed by atoms with Crippen LogP contribution in [0.2, 0.25) is 5.02 Å². The van der Waals surface area contributed by atoms with Crippen LogP contribution in [0.15, 0.2) is 60.7 Å². The van der Waals surface area contributed by atoms with Gasteiger partial charge in [-0.3, -0.25) is 4.79 Å². The molecule has 0 aliphatic carbocycles. The maximum atomic E-state index is 12.6. The predicted molar refractivity (Wildman–Crippen MR) is 106 cm³/mol. The van der Waals surface area contributed by atoms with Crippen LogP contribution >= 0.6 is 11.6 Å². The highest BCUT2D eigenvalue weighted by Crippen LogP contribution is 2.34. The first-order chi connectivity index (χ1) is 12.5. The molecule has 5 heteroatoms. The summed E-state index contributed by atoms with van der Waals surface area (Å²) in [5, 5.41) is 0.633. The Hall–Kier alpha value is -2.59. The number of nitrogens with zero attached hydrogens (tertiary/aromatic N) is 3. The zero-order valence-corrected chi connectivity index (χ0v) is 15.4. The van der Waals surface area contributed by atoms with E-state index in [1.165, 1.54) is 0 Å². The first-order valence-electron chi connectivity index (χ1n) is 8.68. The Morgan fingerprint density at radius 1 is 1.27 bits per heavy atom. The van der Waals surface area contributed by atoms with Crippen molar-refractivity contribution in [3.8, 4) is 0 Å². The minimum atomic E-state index is 0.0493. The molecule has 132 valence electrons. The molecule has 1 aromatic heterocycles. The van der Waals surface area contributed by atoms with Gasteiger partial charge in [-0.2, -0.15) is 0 Å². The fourth-order valence-corrected chi connectivity index (χ4v) is 3.80. The van der Waals surface area contributed by atoms with Crippen molar-refractivity contribution in [2.75, 3.05) is 11.4 Å². The number of fused-ring (bicyclic) bond motifs is 1. The van der Waals surface area contributed by atoms with E-state index in [-0.39, 0.29) is 11.8 Å². The van der Waals surface area contributed by atoms with Gasteiger partial charge in [0.25, 0.3) is 0 Å². The Morgan fingerprint density at radius 3 is 2.85 bits per heavy atom. The second-order valence-electron chi connectivity index (χ2n) is 6.89. The van der Waals surface area contributed by atoms with E-state index in [2.05, 4.69) is 17.2 Å². The van der Waals surface area contributed by atoms with Crippen molar-refractivity contribution < 1.29 is 4.79 Å². The van der Waals surface area contributed by atoms with E-state index in [4.69, 9.17) is 16.6 Å². The molecular weight excluding hydrogens is 346 g/mol. The van der Waals surface area contributed by atoms with Gasteiger partial charge in [0.2, 0.25) is 5.91 Å². The number of aromatic nitrogens is 2. The van der Waals surface area contributed by atoms with Gasteiger partial charge in [0.05, 0.1) is 11.0 Å². The van der Waals surface area contributed by atoms with Gasteiger partial charge in [0.15, 0.2) is 0 Å². The highest BCUT2D eigenvalue weighted by Gasteiger charge is 2.34. The molecule has 1 aliphatic rings. The molecule has 0 saturated carbocycles. The Labute approximate surface area is 157 Å². The summed E-state index contributed by atoms with van der Waals surface area (Å²) in [4.78, 5) is 19.3. The monoisotopic (exact) mass is 365 g/mol. The fourth-order valence-electron chi connectivity index (χ4n) is 3.62. The first-order valence-corrected chi connectivity index (χ1v) is 9.06. The molecule has 26 heavy (non-hydrogen) atoms. The minimum Gasteiger partial charge on any atom is -0.324 e. The third-order valence-corrected chi connectivity index (χ3v) is 4.96. The molecular formula is C21H20ClN3O. The van der Waals surface area contributed by atoms with Crippen LogP contribution in [0.1, 0.15) is 25.1 Å². The fraction of sp³-hybridized carbons (Fsp3) is 0.238. The van der Waals surface area contributed by atoms with Crippen molar-refractivity contribution in [2.45, 2.75) is 25.8 Å². The molecule has 1 amide bonds. The average molecular weight is 366 g/mol. The van der Waals surface area contributed by atoms with E-state index in [1.54, 1.807) is 4.90 Å². The molecule has 2 aromatic carbocycles. The molecule has 0 radical (unpaired) electrons. The highest BCUT2D eigenvalue weighted by molar-refractivity contribution is 6.30. The molecule has 1 fully saturated rings. The summed E-state index contributed by atoms with van der Waals surface area (Å²) in [7, 11) is 0. The van der Waals surface area contributed by atoms with Gasteiger partial charge in [-0.05, 0) is 37.3 Å². The van der Waals surface area contributed by atoms with Crippen LogP contribution in [0, 0.1) is 0 Å². The van der Waals surface area contributed by atoms with Crippen LogP contribution in [0.25, 0.3) is 11.0 Å². The van der Waals surface area contributed by atoms with Gasteiger partial charge in [0.1, 0.15) is 5.82 Å². The molecule has 0 unspecified atom stereocenters. The Balaban J connectivity index is 1.72. The van der Waals surface area contributed by atoms with E-state index in [1.807, 2.05) is 49.4 Å². The summed E-state index contributed by atoms with van der Waals surface area (Å²) >= 11 is 6.10. The number of halogens is 1. The number of amides is 1. The molecule has 1 saturated heterocycles. The standard InChI is InChI=1S/C21H20ClN3O/c1-14(2)12-25-19-9-4-3-8-18(19)23-21(25)15-10-20(26)24(13-15)17-7-5-6-16(22)11-17/h3-9,11,15H,1,10,12-13H2,2H3/t15-/m0/s1. The first kappa shape index (κ1) is 16.9. The van der Waals surface area contributed by atoms with Crippen molar-refractivity contribution in [3.63, 3.8) is 0 Å². The summed E-state index contributed by atoms with van der Waals surface area (Å²) in [6.07, 6.45) is 0.450. The third-order valence-electron chi connectivity index (χ3n) is 4.72. The lowest BCUT2D eigenvalue weighted by atomic mass is 10.1. The quantitative estimate of drug-likeness (QED) is 0.623. The molecule has 4 nitrogen and oxygen atoms in total. The van der Waals surface area contributed by atoms with Gasteiger partial charge in [-0.15, -0.1) is 0 Å². The molecule has 1 aliphatic heterocycles. The van der Waals surface area contributed by atoms with Gasteiger partial charge in [-0.1, -0.05) is 42.0 Å².